The summed E-state index contributed by atoms with van der Waals surface area (Å²) in [7, 11) is 0. The molecule has 0 bridgehead atoms. The summed E-state index contributed by atoms with van der Waals surface area (Å²) in [6, 6.07) is 0. The summed E-state index contributed by atoms with van der Waals surface area (Å²) in [5.74, 6) is -0.875. The van der Waals surface area contributed by atoms with Crippen LogP contribution in [-0.2, 0) is 23.9 Å². The Labute approximate surface area is 163 Å². The van der Waals surface area contributed by atoms with E-state index in [2.05, 4.69) is 10.6 Å². The predicted molar refractivity (Wildman–Crippen MR) is 101 cm³/mol. The Kier molecular flexibility index (Phi) is 12.7. The molecule has 9 nitrogen and oxygen atoms in total. The molecule has 0 aromatic carbocycles. The molecule has 0 aliphatic heterocycles. The van der Waals surface area contributed by atoms with E-state index in [1.807, 2.05) is 0 Å². The number of esters is 1. The number of hydrogen-bond acceptors (Lipinski definition) is 8. The Hall–Kier alpha value is -1.65. The van der Waals surface area contributed by atoms with Crippen molar-refractivity contribution in [3.05, 3.63) is 0 Å². The average molecular weight is 407 g/mol. The van der Waals surface area contributed by atoms with Gasteiger partial charge in [0.15, 0.2) is 5.12 Å². The number of carbonyl (C=O) groups excluding carboxylic acids is 4. The highest BCUT2D eigenvalue weighted by Crippen LogP contribution is 2.19. The topological polar surface area (TPSA) is 142 Å². The number of thioether (sulfide) groups is 1. The molecule has 156 valence electrons. The summed E-state index contributed by atoms with van der Waals surface area (Å²) in [6.45, 7) is 4.66. The van der Waals surface area contributed by atoms with Gasteiger partial charge in [-0.1, -0.05) is 25.6 Å². The maximum absolute atomic E-state index is 11.7. The Bertz CT molecular complexity index is 512. The van der Waals surface area contributed by atoms with Crippen LogP contribution in [0.15, 0.2) is 0 Å². The summed E-state index contributed by atoms with van der Waals surface area (Å²) in [6.07, 6.45) is -0.561. The van der Waals surface area contributed by atoms with Crippen molar-refractivity contribution in [2.24, 2.45) is 5.41 Å². The van der Waals surface area contributed by atoms with Crippen LogP contribution in [0.5, 0.6) is 0 Å². The number of nitrogens with one attached hydrogen (secondary N) is 2. The molecule has 0 aliphatic carbocycles. The van der Waals surface area contributed by atoms with Gasteiger partial charge in [0, 0.05) is 44.0 Å². The van der Waals surface area contributed by atoms with Crippen LogP contribution in [-0.4, -0.2) is 71.3 Å². The minimum absolute atomic E-state index is 0.0378. The van der Waals surface area contributed by atoms with Crippen LogP contribution in [0, 0.1) is 5.41 Å². The van der Waals surface area contributed by atoms with Crippen molar-refractivity contribution >= 4 is 34.7 Å². The van der Waals surface area contributed by atoms with Crippen molar-refractivity contribution in [2.45, 2.75) is 46.1 Å². The molecule has 0 rings (SSSR count). The Balaban J connectivity index is 3.76. The van der Waals surface area contributed by atoms with Gasteiger partial charge in [-0.15, -0.1) is 0 Å². The Morgan fingerprint density at radius 3 is 2.37 bits per heavy atom. The van der Waals surface area contributed by atoms with E-state index in [9.17, 15) is 24.3 Å². The van der Waals surface area contributed by atoms with Gasteiger partial charge in [0.25, 0.3) is 0 Å². The first-order valence-corrected chi connectivity index (χ1v) is 9.71. The van der Waals surface area contributed by atoms with E-state index in [1.165, 1.54) is 6.92 Å². The molecule has 2 amide bonds. The molecule has 0 fully saturated rings. The number of aliphatic hydroxyl groups excluding tert-OH is 2. The highest BCUT2D eigenvalue weighted by Gasteiger charge is 2.32. The molecule has 0 spiro atoms. The minimum atomic E-state index is -1.37. The van der Waals surface area contributed by atoms with Gasteiger partial charge in [0.1, 0.15) is 6.10 Å². The largest absolute Gasteiger partial charge is 0.466 e. The summed E-state index contributed by atoms with van der Waals surface area (Å²) in [5, 5.41) is 24.0. The second-order valence-corrected chi connectivity index (χ2v) is 7.76. The molecule has 0 heterocycles. The minimum Gasteiger partial charge on any atom is -0.466 e. The van der Waals surface area contributed by atoms with Gasteiger partial charge in [0.2, 0.25) is 11.8 Å². The van der Waals surface area contributed by atoms with Crippen molar-refractivity contribution in [1.29, 1.82) is 0 Å². The first-order valence-electron chi connectivity index (χ1n) is 8.72. The Morgan fingerprint density at radius 1 is 1.11 bits per heavy atom. The van der Waals surface area contributed by atoms with E-state index in [4.69, 9.17) is 9.84 Å². The van der Waals surface area contributed by atoms with Gasteiger partial charge in [0.05, 0.1) is 13.2 Å². The number of aliphatic hydroxyl groups is 2. The molecular weight excluding hydrogens is 376 g/mol. The molecule has 0 aliphatic rings. The highest BCUT2D eigenvalue weighted by molar-refractivity contribution is 8.13. The third-order valence-electron chi connectivity index (χ3n) is 3.57. The fraction of sp³-hybridized carbons (Fsp3) is 0.765. The van der Waals surface area contributed by atoms with E-state index in [1.54, 1.807) is 13.8 Å². The molecule has 0 aromatic rings. The van der Waals surface area contributed by atoms with Crippen LogP contribution in [0.4, 0.5) is 0 Å². The first kappa shape index (κ1) is 25.4. The third kappa shape index (κ3) is 12.4. The van der Waals surface area contributed by atoms with Crippen molar-refractivity contribution in [2.75, 3.05) is 32.1 Å². The number of rotatable bonds is 13. The summed E-state index contributed by atoms with van der Waals surface area (Å²) in [4.78, 5) is 45.5. The number of hydrogen-bond donors (Lipinski definition) is 4. The molecule has 27 heavy (non-hydrogen) atoms. The molecule has 0 saturated carbocycles. The monoisotopic (exact) mass is 406 g/mol. The SMILES string of the molecule is CC(=O)OCCCC(=O)SCCNC(=O)CCNC(=O)[C@H](O)C(C)(C)CO. The zero-order chi connectivity index (χ0) is 20.9. The van der Waals surface area contributed by atoms with Crippen molar-refractivity contribution in [1.82, 2.24) is 10.6 Å². The lowest BCUT2D eigenvalue weighted by molar-refractivity contribution is -0.141. The van der Waals surface area contributed by atoms with Gasteiger partial charge in [-0.2, -0.15) is 0 Å². The van der Waals surface area contributed by atoms with Gasteiger partial charge < -0.3 is 25.6 Å². The number of carbonyl (C=O) groups is 4. The normalized spacial score (nSPS) is 12.2. The molecule has 10 heteroatoms. The van der Waals surface area contributed by atoms with E-state index in [0.29, 0.717) is 25.1 Å². The van der Waals surface area contributed by atoms with Crippen LogP contribution >= 0.6 is 11.8 Å². The quantitative estimate of drug-likeness (QED) is 0.239. The van der Waals surface area contributed by atoms with Gasteiger partial charge in [-0.05, 0) is 6.42 Å². The first-order chi connectivity index (χ1) is 12.6. The van der Waals surface area contributed by atoms with Crippen LogP contribution in [0.3, 0.4) is 0 Å². The zero-order valence-corrected chi connectivity index (χ0v) is 16.9. The maximum atomic E-state index is 11.7. The molecule has 1 atom stereocenters. The van der Waals surface area contributed by atoms with Crippen LogP contribution in [0.1, 0.15) is 40.0 Å². The average Bonchev–Trinajstić information content (AvgIpc) is 2.61. The molecule has 0 radical (unpaired) electrons. The fourth-order valence-electron chi connectivity index (χ4n) is 1.79. The number of ether oxygens (including phenoxy) is 1. The molecular formula is C17H30N2O7S. The van der Waals surface area contributed by atoms with E-state index in [-0.39, 0.29) is 43.2 Å². The van der Waals surface area contributed by atoms with Gasteiger partial charge in [-0.3, -0.25) is 19.2 Å². The predicted octanol–water partition coefficient (Wildman–Crippen LogP) is -0.409. The number of amides is 2. The second kappa shape index (κ2) is 13.5. The van der Waals surface area contributed by atoms with Crippen molar-refractivity contribution < 1.29 is 34.1 Å². The van der Waals surface area contributed by atoms with E-state index >= 15 is 0 Å². The standard InChI is InChI=1S/C17H30N2O7S/c1-12(21)26-9-4-5-14(23)27-10-8-18-13(22)6-7-19-16(25)15(24)17(2,3)11-20/h15,20,24H,4-11H2,1-3H3,(H,18,22)(H,19,25)/t15-/m0/s1. The highest BCUT2D eigenvalue weighted by atomic mass is 32.2. The lowest BCUT2D eigenvalue weighted by atomic mass is 9.87. The van der Waals surface area contributed by atoms with Crippen molar-refractivity contribution in [3.63, 3.8) is 0 Å². The molecule has 0 aromatic heterocycles. The zero-order valence-electron chi connectivity index (χ0n) is 16.1. The second-order valence-electron chi connectivity index (χ2n) is 6.60. The van der Waals surface area contributed by atoms with Crippen LogP contribution in [0.2, 0.25) is 0 Å². The van der Waals surface area contributed by atoms with E-state index in [0.717, 1.165) is 11.8 Å². The third-order valence-corrected chi connectivity index (χ3v) is 4.50. The summed E-state index contributed by atoms with van der Waals surface area (Å²) < 4.78 is 4.73. The summed E-state index contributed by atoms with van der Waals surface area (Å²) >= 11 is 1.09. The lowest BCUT2D eigenvalue weighted by Gasteiger charge is -2.27. The molecule has 0 unspecified atom stereocenters. The van der Waals surface area contributed by atoms with Gasteiger partial charge >= 0.3 is 5.97 Å². The van der Waals surface area contributed by atoms with Crippen LogP contribution in [0.25, 0.3) is 0 Å². The Morgan fingerprint density at radius 2 is 1.78 bits per heavy atom. The smallest absolute Gasteiger partial charge is 0.302 e. The maximum Gasteiger partial charge on any atom is 0.302 e. The fourth-order valence-corrected chi connectivity index (χ4v) is 2.51. The molecule has 0 saturated heterocycles. The van der Waals surface area contributed by atoms with Crippen molar-refractivity contribution in [3.8, 4) is 0 Å². The van der Waals surface area contributed by atoms with E-state index < -0.39 is 17.4 Å². The van der Waals surface area contributed by atoms with Gasteiger partial charge in [-0.25, -0.2) is 0 Å². The lowest BCUT2D eigenvalue weighted by Crippen LogP contribution is -2.46. The summed E-state index contributed by atoms with van der Waals surface area (Å²) in [5.41, 5.74) is -0.964. The molecule has 4 N–H and O–H groups in total. The van der Waals surface area contributed by atoms with Crippen LogP contribution < -0.4 is 10.6 Å².